The number of para-hydroxylation sites is 1. The standard InChI is InChI=1S/C13H13ClN2O/c1-9(17)11-7-8-12(14)16-13(11)15-10-5-3-2-4-6-10/h2-9,17H,1H3,(H,15,16). The second kappa shape index (κ2) is 5.17. The lowest BCUT2D eigenvalue weighted by atomic mass is 10.1. The zero-order valence-corrected chi connectivity index (χ0v) is 10.1. The molecule has 17 heavy (non-hydrogen) atoms. The highest BCUT2D eigenvalue weighted by Crippen LogP contribution is 2.25. The third kappa shape index (κ3) is 2.96. The van der Waals surface area contributed by atoms with Crippen molar-refractivity contribution in [1.29, 1.82) is 0 Å². The van der Waals surface area contributed by atoms with Crippen LogP contribution in [0.15, 0.2) is 42.5 Å². The number of rotatable bonds is 3. The van der Waals surface area contributed by atoms with Gasteiger partial charge >= 0.3 is 0 Å². The first kappa shape index (κ1) is 11.9. The Morgan fingerprint density at radius 2 is 1.88 bits per heavy atom. The fourth-order valence-electron chi connectivity index (χ4n) is 1.54. The third-order valence-corrected chi connectivity index (χ3v) is 2.59. The average Bonchev–Trinajstić information content (AvgIpc) is 2.30. The normalized spacial score (nSPS) is 12.2. The maximum Gasteiger partial charge on any atom is 0.137 e. The Kier molecular flexibility index (Phi) is 3.61. The number of nitrogens with zero attached hydrogens (tertiary/aromatic N) is 1. The largest absolute Gasteiger partial charge is 0.389 e. The molecule has 1 atom stereocenters. The number of pyridine rings is 1. The van der Waals surface area contributed by atoms with Gasteiger partial charge in [0.15, 0.2) is 0 Å². The monoisotopic (exact) mass is 248 g/mol. The maximum absolute atomic E-state index is 9.65. The Morgan fingerprint density at radius 3 is 2.53 bits per heavy atom. The van der Waals surface area contributed by atoms with Crippen molar-refractivity contribution in [2.75, 3.05) is 5.32 Å². The van der Waals surface area contributed by atoms with Gasteiger partial charge in [0.2, 0.25) is 0 Å². The van der Waals surface area contributed by atoms with Gasteiger partial charge in [-0.3, -0.25) is 0 Å². The Hall–Kier alpha value is -1.58. The van der Waals surface area contributed by atoms with E-state index in [1.54, 1.807) is 19.1 Å². The summed E-state index contributed by atoms with van der Waals surface area (Å²) in [5.74, 6) is 0.582. The quantitative estimate of drug-likeness (QED) is 0.817. The molecule has 0 aliphatic carbocycles. The first-order valence-electron chi connectivity index (χ1n) is 5.33. The molecule has 2 rings (SSSR count). The van der Waals surface area contributed by atoms with E-state index in [0.717, 1.165) is 11.3 Å². The molecule has 4 heteroatoms. The summed E-state index contributed by atoms with van der Waals surface area (Å²) in [7, 11) is 0. The van der Waals surface area contributed by atoms with Crippen molar-refractivity contribution in [3.05, 3.63) is 53.2 Å². The van der Waals surface area contributed by atoms with Gasteiger partial charge in [-0.1, -0.05) is 29.8 Å². The lowest BCUT2D eigenvalue weighted by molar-refractivity contribution is 0.199. The van der Waals surface area contributed by atoms with Crippen molar-refractivity contribution in [2.45, 2.75) is 13.0 Å². The van der Waals surface area contributed by atoms with E-state index in [1.807, 2.05) is 30.3 Å². The summed E-state index contributed by atoms with van der Waals surface area (Å²) in [6.45, 7) is 1.70. The molecule has 3 nitrogen and oxygen atoms in total. The second-order valence-corrected chi connectivity index (χ2v) is 4.13. The van der Waals surface area contributed by atoms with Crippen LogP contribution >= 0.6 is 11.6 Å². The molecule has 1 aromatic carbocycles. The lowest BCUT2D eigenvalue weighted by Gasteiger charge is -2.13. The van der Waals surface area contributed by atoms with Crippen LogP contribution in [0, 0.1) is 0 Å². The molecule has 0 bridgehead atoms. The van der Waals surface area contributed by atoms with E-state index in [-0.39, 0.29) is 0 Å². The Labute approximate surface area is 105 Å². The number of benzene rings is 1. The molecular weight excluding hydrogens is 236 g/mol. The van der Waals surface area contributed by atoms with E-state index in [0.29, 0.717) is 11.0 Å². The number of aromatic nitrogens is 1. The summed E-state index contributed by atoms with van der Waals surface area (Å²) < 4.78 is 0. The van der Waals surface area contributed by atoms with Crippen molar-refractivity contribution in [2.24, 2.45) is 0 Å². The molecule has 88 valence electrons. The Bertz CT molecular complexity index is 500. The smallest absolute Gasteiger partial charge is 0.137 e. The van der Waals surface area contributed by atoms with Gasteiger partial charge in [-0.25, -0.2) is 4.98 Å². The third-order valence-electron chi connectivity index (χ3n) is 2.38. The molecule has 1 aromatic heterocycles. The lowest BCUT2D eigenvalue weighted by Crippen LogP contribution is -2.02. The van der Waals surface area contributed by atoms with Crippen LogP contribution < -0.4 is 5.32 Å². The summed E-state index contributed by atoms with van der Waals surface area (Å²) in [5, 5.41) is 13.2. The average molecular weight is 249 g/mol. The van der Waals surface area contributed by atoms with Gasteiger partial charge in [-0.15, -0.1) is 0 Å². The van der Waals surface area contributed by atoms with E-state index in [4.69, 9.17) is 11.6 Å². The van der Waals surface area contributed by atoms with Gasteiger partial charge in [-0.05, 0) is 31.2 Å². The number of hydrogen-bond donors (Lipinski definition) is 2. The molecule has 0 fully saturated rings. The summed E-state index contributed by atoms with van der Waals surface area (Å²) in [6, 6.07) is 13.1. The Morgan fingerprint density at radius 1 is 1.18 bits per heavy atom. The first-order chi connectivity index (χ1) is 8.16. The van der Waals surface area contributed by atoms with Gasteiger partial charge in [0, 0.05) is 11.3 Å². The van der Waals surface area contributed by atoms with Gasteiger partial charge in [0.1, 0.15) is 11.0 Å². The van der Waals surface area contributed by atoms with Crippen LogP contribution in [-0.4, -0.2) is 10.1 Å². The van der Waals surface area contributed by atoms with Crippen LogP contribution in [0.1, 0.15) is 18.6 Å². The van der Waals surface area contributed by atoms with Crippen LogP contribution in [0.4, 0.5) is 11.5 Å². The van der Waals surface area contributed by atoms with Crippen molar-refractivity contribution in [3.63, 3.8) is 0 Å². The van der Waals surface area contributed by atoms with E-state index in [1.165, 1.54) is 0 Å². The van der Waals surface area contributed by atoms with Crippen molar-refractivity contribution >= 4 is 23.1 Å². The van der Waals surface area contributed by atoms with Crippen LogP contribution in [0.3, 0.4) is 0 Å². The number of aliphatic hydroxyl groups excluding tert-OH is 1. The predicted octanol–water partition coefficient (Wildman–Crippen LogP) is 3.53. The summed E-state index contributed by atoms with van der Waals surface area (Å²) in [5.41, 5.74) is 1.63. The molecule has 0 saturated carbocycles. The van der Waals surface area contributed by atoms with E-state index in [9.17, 15) is 5.11 Å². The molecule has 2 aromatic rings. The van der Waals surface area contributed by atoms with Crippen LogP contribution in [-0.2, 0) is 0 Å². The molecule has 1 heterocycles. The van der Waals surface area contributed by atoms with Crippen molar-refractivity contribution in [3.8, 4) is 0 Å². The molecule has 0 radical (unpaired) electrons. The zero-order valence-electron chi connectivity index (χ0n) is 9.39. The highest BCUT2D eigenvalue weighted by Gasteiger charge is 2.10. The predicted molar refractivity (Wildman–Crippen MR) is 69.6 cm³/mol. The fourth-order valence-corrected chi connectivity index (χ4v) is 1.69. The minimum absolute atomic E-state index is 0.396. The number of anilines is 2. The summed E-state index contributed by atoms with van der Waals surface area (Å²) >= 11 is 5.85. The number of aliphatic hydroxyl groups is 1. The molecule has 2 N–H and O–H groups in total. The second-order valence-electron chi connectivity index (χ2n) is 3.74. The molecule has 0 saturated heterocycles. The van der Waals surface area contributed by atoms with Crippen LogP contribution in [0.2, 0.25) is 5.15 Å². The van der Waals surface area contributed by atoms with Gasteiger partial charge in [0.25, 0.3) is 0 Å². The van der Waals surface area contributed by atoms with Crippen LogP contribution in [0.5, 0.6) is 0 Å². The van der Waals surface area contributed by atoms with Gasteiger partial charge in [-0.2, -0.15) is 0 Å². The number of nitrogens with one attached hydrogen (secondary N) is 1. The van der Waals surface area contributed by atoms with Crippen molar-refractivity contribution < 1.29 is 5.11 Å². The molecule has 0 amide bonds. The van der Waals surface area contributed by atoms with Crippen molar-refractivity contribution in [1.82, 2.24) is 4.98 Å². The molecule has 0 spiro atoms. The molecule has 1 unspecified atom stereocenters. The number of hydrogen-bond acceptors (Lipinski definition) is 3. The van der Waals surface area contributed by atoms with E-state index in [2.05, 4.69) is 10.3 Å². The number of halogens is 1. The van der Waals surface area contributed by atoms with E-state index < -0.39 is 6.10 Å². The zero-order chi connectivity index (χ0) is 12.3. The first-order valence-corrected chi connectivity index (χ1v) is 5.71. The summed E-state index contributed by atoms with van der Waals surface area (Å²) in [4.78, 5) is 4.18. The topological polar surface area (TPSA) is 45.2 Å². The summed E-state index contributed by atoms with van der Waals surface area (Å²) in [6.07, 6.45) is -0.592. The van der Waals surface area contributed by atoms with Gasteiger partial charge < -0.3 is 10.4 Å². The SMILES string of the molecule is CC(O)c1ccc(Cl)nc1Nc1ccccc1. The fraction of sp³-hybridized carbons (Fsp3) is 0.154. The van der Waals surface area contributed by atoms with Crippen LogP contribution in [0.25, 0.3) is 0 Å². The minimum Gasteiger partial charge on any atom is -0.389 e. The molecule has 0 aliphatic heterocycles. The minimum atomic E-state index is -0.592. The Balaban J connectivity index is 2.34. The maximum atomic E-state index is 9.65. The molecule has 0 aliphatic rings. The van der Waals surface area contributed by atoms with Gasteiger partial charge in [0.05, 0.1) is 6.10 Å². The highest BCUT2D eigenvalue weighted by atomic mass is 35.5. The highest BCUT2D eigenvalue weighted by molar-refractivity contribution is 6.29. The molecular formula is C13H13ClN2O. The van der Waals surface area contributed by atoms with E-state index >= 15 is 0 Å².